The first-order chi connectivity index (χ1) is 14.1. The number of hydrogen-bond acceptors (Lipinski definition) is 6. The van der Waals surface area contributed by atoms with Crippen LogP contribution >= 0.6 is 11.8 Å². The van der Waals surface area contributed by atoms with Crippen LogP contribution in [0.25, 0.3) is 10.8 Å². The zero-order valence-electron chi connectivity index (χ0n) is 16.1. The van der Waals surface area contributed by atoms with Crippen LogP contribution in [0.3, 0.4) is 0 Å². The molecule has 0 bridgehead atoms. The summed E-state index contributed by atoms with van der Waals surface area (Å²) >= 11 is 1.37. The maximum absolute atomic E-state index is 12.1. The van der Waals surface area contributed by atoms with E-state index in [9.17, 15) is 9.59 Å². The fourth-order valence-electron chi connectivity index (χ4n) is 2.69. The Kier molecular flexibility index (Phi) is 6.97. The summed E-state index contributed by atoms with van der Waals surface area (Å²) in [6.45, 7) is -0.378. The Labute approximate surface area is 173 Å². The van der Waals surface area contributed by atoms with E-state index in [4.69, 9.17) is 14.2 Å². The number of amides is 1. The summed E-state index contributed by atoms with van der Waals surface area (Å²) in [4.78, 5) is 25.1. The van der Waals surface area contributed by atoms with Crippen LogP contribution in [0.1, 0.15) is 0 Å². The van der Waals surface area contributed by atoms with Gasteiger partial charge in [-0.2, -0.15) is 0 Å². The van der Waals surface area contributed by atoms with Gasteiger partial charge in [-0.05, 0) is 35.0 Å². The lowest BCUT2D eigenvalue weighted by molar-refractivity contribution is -0.144. The van der Waals surface area contributed by atoms with E-state index in [0.717, 1.165) is 15.7 Å². The topological polar surface area (TPSA) is 73.9 Å². The number of esters is 1. The van der Waals surface area contributed by atoms with Crippen LogP contribution < -0.4 is 14.8 Å². The van der Waals surface area contributed by atoms with E-state index in [2.05, 4.69) is 5.32 Å². The van der Waals surface area contributed by atoms with E-state index in [1.165, 1.54) is 26.0 Å². The summed E-state index contributed by atoms with van der Waals surface area (Å²) in [7, 11) is 3.03. The number of fused-ring (bicyclic) bond motifs is 1. The van der Waals surface area contributed by atoms with Crippen LogP contribution in [0, 0.1) is 0 Å². The average molecular weight is 411 g/mol. The second kappa shape index (κ2) is 9.84. The van der Waals surface area contributed by atoms with Crippen LogP contribution in [0.4, 0.5) is 5.69 Å². The van der Waals surface area contributed by atoms with Crippen molar-refractivity contribution in [3.05, 3.63) is 60.7 Å². The van der Waals surface area contributed by atoms with Gasteiger partial charge in [-0.15, -0.1) is 11.8 Å². The highest BCUT2D eigenvalue weighted by atomic mass is 32.2. The average Bonchev–Trinajstić information content (AvgIpc) is 2.76. The first-order valence-corrected chi connectivity index (χ1v) is 9.86. The zero-order chi connectivity index (χ0) is 20.6. The van der Waals surface area contributed by atoms with Gasteiger partial charge >= 0.3 is 5.97 Å². The molecule has 0 radical (unpaired) electrons. The number of methoxy groups -OCH3 is 2. The molecule has 6 nitrogen and oxygen atoms in total. The van der Waals surface area contributed by atoms with Crippen molar-refractivity contribution in [2.24, 2.45) is 0 Å². The number of nitrogens with one attached hydrogen (secondary N) is 1. The lowest BCUT2D eigenvalue weighted by atomic mass is 10.1. The Bertz CT molecular complexity index is 1020. The predicted octanol–water partition coefficient (Wildman–Crippen LogP) is 4.13. The van der Waals surface area contributed by atoms with Gasteiger partial charge in [0, 0.05) is 11.0 Å². The molecule has 3 aromatic rings. The summed E-state index contributed by atoms with van der Waals surface area (Å²) in [5.41, 5.74) is 0.443. The Morgan fingerprint density at radius 1 is 0.931 bits per heavy atom. The SMILES string of the molecule is COc1ccc(OC)c(NC(=O)COC(=O)CSc2ccc3ccccc3c2)c1. The Hall–Kier alpha value is -3.19. The standard InChI is InChI=1S/C22H21NO5S/c1-26-17-8-10-20(27-2)19(12-17)23-21(24)13-28-22(25)14-29-18-9-7-15-5-3-4-6-16(15)11-18/h3-12H,13-14H2,1-2H3,(H,23,24). The predicted molar refractivity (Wildman–Crippen MR) is 114 cm³/mol. The zero-order valence-corrected chi connectivity index (χ0v) is 17.0. The minimum atomic E-state index is -0.462. The van der Waals surface area contributed by atoms with Crippen molar-refractivity contribution in [2.75, 3.05) is 31.9 Å². The first kappa shape index (κ1) is 20.5. The second-order valence-electron chi connectivity index (χ2n) is 6.07. The molecule has 0 fully saturated rings. The molecule has 0 spiro atoms. The molecule has 0 unspecified atom stereocenters. The van der Waals surface area contributed by atoms with Crippen molar-refractivity contribution in [1.82, 2.24) is 0 Å². The molecular formula is C22H21NO5S. The van der Waals surface area contributed by atoms with Gasteiger partial charge < -0.3 is 19.5 Å². The van der Waals surface area contributed by atoms with Crippen molar-refractivity contribution in [1.29, 1.82) is 0 Å². The Morgan fingerprint density at radius 3 is 2.48 bits per heavy atom. The third-order valence-electron chi connectivity index (χ3n) is 4.12. The number of benzene rings is 3. The fraction of sp³-hybridized carbons (Fsp3) is 0.182. The van der Waals surface area contributed by atoms with E-state index < -0.39 is 11.9 Å². The van der Waals surface area contributed by atoms with E-state index in [-0.39, 0.29) is 12.4 Å². The number of rotatable bonds is 8. The maximum Gasteiger partial charge on any atom is 0.316 e. The second-order valence-corrected chi connectivity index (χ2v) is 7.12. The summed E-state index contributed by atoms with van der Waals surface area (Å²) in [6.07, 6.45) is 0. The van der Waals surface area contributed by atoms with Crippen LogP contribution in [0.15, 0.2) is 65.6 Å². The summed E-state index contributed by atoms with van der Waals surface area (Å²) in [6, 6.07) is 19.0. The minimum absolute atomic E-state index is 0.119. The Balaban J connectivity index is 1.49. The molecule has 0 saturated heterocycles. The molecule has 0 saturated carbocycles. The third-order valence-corrected chi connectivity index (χ3v) is 5.09. The van der Waals surface area contributed by atoms with Crippen molar-refractivity contribution in [3.8, 4) is 11.5 Å². The van der Waals surface area contributed by atoms with Crippen LogP contribution in [0.5, 0.6) is 11.5 Å². The van der Waals surface area contributed by atoms with Gasteiger partial charge in [-0.1, -0.05) is 30.3 Å². The molecular weight excluding hydrogens is 390 g/mol. The summed E-state index contributed by atoms with van der Waals surface area (Å²) < 4.78 is 15.4. The maximum atomic E-state index is 12.1. The van der Waals surface area contributed by atoms with Gasteiger partial charge in [-0.3, -0.25) is 9.59 Å². The van der Waals surface area contributed by atoms with E-state index in [1.807, 2.05) is 42.5 Å². The van der Waals surface area contributed by atoms with Crippen molar-refractivity contribution < 1.29 is 23.8 Å². The number of carbonyl (C=O) groups excluding carboxylic acids is 2. The molecule has 0 aliphatic heterocycles. The first-order valence-electron chi connectivity index (χ1n) is 8.88. The molecule has 0 aliphatic rings. The molecule has 0 atom stereocenters. The van der Waals surface area contributed by atoms with Gasteiger partial charge in [0.2, 0.25) is 0 Å². The van der Waals surface area contributed by atoms with Crippen molar-refractivity contribution in [3.63, 3.8) is 0 Å². The number of hydrogen-bond donors (Lipinski definition) is 1. The number of ether oxygens (including phenoxy) is 3. The molecule has 1 N–H and O–H groups in total. The molecule has 1 amide bonds. The normalized spacial score (nSPS) is 10.4. The van der Waals surface area contributed by atoms with Crippen LogP contribution in [-0.2, 0) is 14.3 Å². The number of carbonyl (C=O) groups is 2. The van der Waals surface area contributed by atoms with Crippen LogP contribution in [0.2, 0.25) is 0 Å². The van der Waals surface area contributed by atoms with Crippen molar-refractivity contribution in [2.45, 2.75) is 4.90 Å². The van der Waals surface area contributed by atoms with E-state index in [0.29, 0.717) is 17.2 Å². The molecule has 150 valence electrons. The molecule has 0 aliphatic carbocycles. The Morgan fingerprint density at radius 2 is 1.72 bits per heavy atom. The highest BCUT2D eigenvalue weighted by Crippen LogP contribution is 2.29. The largest absolute Gasteiger partial charge is 0.497 e. The fourth-order valence-corrected chi connectivity index (χ4v) is 3.43. The van der Waals surface area contributed by atoms with Crippen LogP contribution in [-0.4, -0.2) is 38.5 Å². The summed E-state index contributed by atoms with van der Waals surface area (Å²) in [5, 5.41) is 4.91. The molecule has 0 heterocycles. The summed E-state index contributed by atoms with van der Waals surface area (Å²) in [5.74, 6) is 0.257. The molecule has 29 heavy (non-hydrogen) atoms. The smallest absolute Gasteiger partial charge is 0.316 e. The molecule has 0 aromatic heterocycles. The third kappa shape index (κ3) is 5.65. The van der Waals surface area contributed by atoms with E-state index in [1.54, 1.807) is 18.2 Å². The highest BCUT2D eigenvalue weighted by Gasteiger charge is 2.12. The molecule has 3 aromatic carbocycles. The lowest BCUT2D eigenvalue weighted by Crippen LogP contribution is -2.22. The van der Waals surface area contributed by atoms with Crippen molar-refractivity contribution >= 4 is 40.1 Å². The van der Waals surface area contributed by atoms with Gasteiger partial charge in [0.25, 0.3) is 5.91 Å². The van der Waals surface area contributed by atoms with Gasteiger partial charge in [0.15, 0.2) is 6.61 Å². The quantitative estimate of drug-likeness (QED) is 0.444. The van der Waals surface area contributed by atoms with Gasteiger partial charge in [0.1, 0.15) is 11.5 Å². The van der Waals surface area contributed by atoms with E-state index >= 15 is 0 Å². The minimum Gasteiger partial charge on any atom is -0.497 e. The lowest BCUT2D eigenvalue weighted by Gasteiger charge is -2.12. The molecule has 7 heteroatoms. The number of thioether (sulfide) groups is 1. The van der Waals surface area contributed by atoms with Gasteiger partial charge in [-0.25, -0.2) is 0 Å². The monoisotopic (exact) mass is 411 g/mol. The molecule has 3 rings (SSSR count). The number of anilines is 1. The van der Waals surface area contributed by atoms with Gasteiger partial charge in [0.05, 0.1) is 25.7 Å². The highest BCUT2D eigenvalue weighted by molar-refractivity contribution is 8.00.